The van der Waals surface area contributed by atoms with Crippen LogP contribution in [0.2, 0.25) is 0 Å². The van der Waals surface area contributed by atoms with Gasteiger partial charge in [-0.2, -0.15) is 0 Å². The van der Waals surface area contributed by atoms with Gasteiger partial charge in [-0.3, -0.25) is 14.5 Å². The Hall–Kier alpha value is -1.33. The number of amides is 2. The van der Waals surface area contributed by atoms with Gasteiger partial charge >= 0.3 is 0 Å². The van der Waals surface area contributed by atoms with Crippen LogP contribution in [0.4, 0.5) is 4.79 Å². The van der Waals surface area contributed by atoms with E-state index in [1.165, 1.54) is 9.78 Å². The minimum atomic E-state index is -0.226. The molecule has 1 aromatic rings. The van der Waals surface area contributed by atoms with Crippen LogP contribution in [0.15, 0.2) is 29.7 Å². The molecule has 1 aromatic heterocycles. The summed E-state index contributed by atoms with van der Waals surface area (Å²) in [7, 11) is 0. The van der Waals surface area contributed by atoms with Gasteiger partial charge in [-0.1, -0.05) is 13.0 Å². The summed E-state index contributed by atoms with van der Waals surface area (Å²) < 4.78 is 0. The van der Waals surface area contributed by atoms with Crippen molar-refractivity contribution in [2.75, 3.05) is 6.54 Å². The fraction of sp³-hybridized carbons (Fsp3) is 0.231. The van der Waals surface area contributed by atoms with E-state index >= 15 is 0 Å². The molecule has 2 amide bonds. The molecule has 5 heteroatoms. The van der Waals surface area contributed by atoms with Crippen LogP contribution in [-0.2, 0) is 11.2 Å². The van der Waals surface area contributed by atoms with Crippen LogP contribution in [0.1, 0.15) is 16.7 Å². The number of hydrogen-bond acceptors (Lipinski definition) is 4. The fourth-order valence-corrected chi connectivity index (χ4v) is 3.39. The van der Waals surface area contributed by atoms with E-state index in [2.05, 4.69) is 13.5 Å². The summed E-state index contributed by atoms with van der Waals surface area (Å²) in [5.41, 5.74) is 0. The van der Waals surface area contributed by atoms with E-state index in [1.54, 1.807) is 23.5 Å². The van der Waals surface area contributed by atoms with Gasteiger partial charge in [0.15, 0.2) is 0 Å². The second-order valence-corrected chi connectivity index (χ2v) is 5.93. The molecule has 18 heavy (non-hydrogen) atoms. The van der Waals surface area contributed by atoms with Crippen molar-refractivity contribution in [3.63, 3.8) is 0 Å². The van der Waals surface area contributed by atoms with Crippen molar-refractivity contribution in [3.8, 4) is 0 Å². The molecule has 0 N–H and O–H groups in total. The first-order valence-electron chi connectivity index (χ1n) is 5.60. The zero-order valence-corrected chi connectivity index (χ0v) is 11.6. The predicted octanol–water partition coefficient (Wildman–Crippen LogP) is 3.53. The zero-order valence-electron chi connectivity index (χ0n) is 10.0. The van der Waals surface area contributed by atoms with Crippen molar-refractivity contribution in [3.05, 3.63) is 39.4 Å². The van der Waals surface area contributed by atoms with E-state index < -0.39 is 0 Å². The standard InChI is InChI=1S/C13H13NO2S2/c1-3-7-14-12(15)11(18-13(14)16)8-10-6-5-9(4-2)17-10/h3,5-6,8H,1,4,7H2,2H3/b11-8-. The average molecular weight is 279 g/mol. The Bertz CT molecular complexity index is 531. The Balaban J connectivity index is 2.21. The van der Waals surface area contributed by atoms with Crippen molar-refractivity contribution < 1.29 is 9.59 Å². The highest BCUT2D eigenvalue weighted by atomic mass is 32.2. The topological polar surface area (TPSA) is 37.4 Å². The van der Waals surface area contributed by atoms with Crippen molar-refractivity contribution in [2.45, 2.75) is 13.3 Å². The largest absolute Gasteiger partial charge is 0.293 e. The van der Waals surface area contributed by atoms with Crippen LogP contribution in [0.3, 0.4) is 0 Å². The number of aryl methyl sites for hydroxylation is 1. The highest BCUT2D eigenvalue weighted by molar-refractivity contribution is 8.18. The molecule has 1 fully saturated rings. The van der Waals surface area contributed by atoms with Gasteiger partial charge < -0.3 is 0 Å². The van der Waals surface area contributed by atoms with Crippen molar-refractivity contribution in [1.29, 1.82) is 0 Å². The molecular weight excluding hydrogens is 266 g/mol. The first-order chi connectivity index (χ1) is 8.65. The number of thiophene rings is 1. The van der Waals surface area contributed by atoms with Gasteiger partial charge in [0.1, 0.15) is 0 Å². The molecule has 0 spiro atoms. The lowest BCUT2D eigenvalue weighted by Gasteiger charge is -2.07. The zero-order chi connectivity index (χ0) is 13.1. The number of thioether (sulfide) groups is 1. The van der Waals surface area contributed by atoms with Gasteiger partial charge in [0, 0.05) is 16.3 Å². The molecule has 3 nitrogen and oxygen atoms in total. The summed E-state index contributed by atoms with van der Waals surface area (Å²) in [4.78, 5) is 27.6. The van der Waals surface area contributed by atoms with Crippen LogP contribution in [-0.4, -0.2) is 22.6 Å². The quantitative estimate of drug-likeness (QED) is 0.625. The molecule has 2 rings (SSSR count). The van der Waals surface area contributed by atoms with E-state index in [-0.39, 0.29) is 17.7 Å². The predicted molar refractivity (Wildman–Crippen MR) is 76.6 cm³/mol. The Kier molecular flexibility index (Phi) is 4.04. The number of carbonyl (C=O) groups excluding carboxylic acids is 2. The molecular formula is C13H13NO2S2. The highest BCUT2D eigenvalue weighted by Crippen LogP contribution is 2.33. The summed E-state index contributed by atoms with van der Waals surface area (Å²) in [5, 5.41) is -0.224. The molecule has 1 aliphatic heterocycles. The molecule has 0 aromatic carbocycles. The maximum Gasteiger partial charge on any atom is 0.293 e. The van der Waals surface area contributed by atoms with Gasteiger partial charge in [0.05, 0.1) is 4.91 Å². The second-order valence-electron chi connectivity index (χ2n) is 3.74. The molecule has 94 valence electrons. The van der Waals surface area contributed by atoms with Crippen LogP contribution >= 0.6 is 23.1 Å². The highest BCUT2D eigenvalue weighted by Gasteiger charge is 2.34. The molecule has 1 saturated heterocycles. The second kappa shape index (κ2) is 5.54. The lowest BCUT2D eigenvalue weighted by Crippen LogP contribution is -2.27. The summed E-state index contributed by atoms with van der Waals surface area (Å²) >= 11 is 2.64. The summed E-state index contributed by atoms with van der Waals surface area (Å²) in [6, 6.07) is 4.02. The van der Waals surface area contributed by atoms with Crippen LogP contribution in [0.25, 0.3) is 6.08 Å². The van der Waals surface area contributed by atoms with E-state index in [0.717, 1.165) is 23.1 Å². The maximum absolute atomic E-state index is 12.0. The SMILES string of the molecule is C=CCN1C(=O)S/C(=C\c2ccc(CC)s2)C1=O. The van der Waals surface area contributed by atoms with Gasteiger partial charge in [0.25, 0.3) is 11.1 Å². The maximum atomic E-state index is 12.0. The van der Waals surface area contributed by atoms with Crippen LogP contribution in [0.5, 0.6) is 0 Å². The number of imide groups is 1. The summed E-state index contributed by atoms with van der Waals surface area (Å²) in [5.74, 6) is -0.226. The van der Waals surface area contributed by atoms with Crippen molar-refractivity contribution in [1.82, 2.24) is 4.90 Å². The molecule has 2 heterocycles. The number of carbonyl (C=O) groups is 2. The molecule has 0 unspecified atom stereocenters. The van der Waals surface area contributed by atoms with E-state index in [9.17, 15) is 9.59 Å². The summed E-state index contributed by atoms with van der Waals surface area (Å²) in [6.07, 6.45) is 4.33. The number of rotatable bonds is 4. The van der Waals surface area contributed by atoms with E-state index in [1.807, 2.05) is 12.1 Å². The Labute approximate surface area is 114 Å². The third kappa shape index (κ3) is 2.57. The first kappa shape index (κ1) is 13.1. The lowest BCUT2D eigenvalue weighted by atomic mass is 10.3. The monoisotopic (exact) mass is 279 g/mol. The Morgan fingerprint density at radius 3 is 2.78 bits per heavy atom. The van der Waals surface area contributed by atoms with E-state index in [4.69, 9.17) is 0 Å². The van der Waals surface area contributed by atoms with Gasteiger partial charge in [0.2, 0.25) is 0 Å². The number of hydrogen-bond donors (Lipinski definition) is 0. The van der Waals surface area contributed by atoms with E-state index in [0.29, 0.717) is 4.91 Å². The van der Waals surface area contributed by atoms with Crippen LogP contribution in [0, 0.1) is 0 Å². The fourth-order valence-electron chi connectivity index (χ4n) is 1.58. The minimum Gasteiger partial charge on any atom is -0.268 e. The third-order valence-corrected chi connectivity index (χ3v) is 4.57. The minimum absolute atomic E-state index is 0.224. The molecule has 0 atom stereocenters. The Morgan fingerprint density at radius 2 is 2.17 bits per heavy atom. The van der Waals surface area contributed by atoms with Crippen molar-refractivity contribution >= 4 is 40.3 Å². The molecule has 0 bridgehead atoms. The van der Waals surface area contributed by atoms with Gasteiger partial charge in [-0.25, -0.2) is 0 Å². The Morgan fingerprint density at radius 1 is 1.39 bits per heavy atom. The molecule has 0 saturated carbocycles. The van der Waals surface area contributed by atoms with Gasteiger partial charge in [-0.05, 0) is 36.4 Å². The number of nitrogens with zero attached hydrogens (tertiary/aromatic N) is 1. The first-order valence-corrected chi connectivity index (χ1v) is 7.24. The molecule has 0 aliphatic carbocycles. The third-order valence-electron chi connectivity index (χ3n) is 2.49. The molecule has 0 radical (unpaired) electrons. The van der Waals surface area contributed by atoms with Crippen molar-refractivity contribution in [2.24, 2.45) is 0 Å². The smallest absolute Gasteiger partial charge is 0.268 e. The molecule has 1 aliphatic rings. The van der Waals surface area contributed by atoms with Gasteiger partial charge in [-0.15, -0.1) is 17.9 Å². The summed E-state index contributed by atoms with van der Waals surface area (Å²) in [6.45, 7) is 5.91. The van der Waals surface area contributed by atoms with Crippen LogP contribution < -0.4 is 0 Å². The lowest BCUT2D eigenvalue weighted by molar-refractivity contribution is -0.122. The normalized spacial score (nSPS) is 17.8. The average Bonchev–Trinajstić information content (AvgIpc) is 2.90.